The molecule has 0 bridgehead atoms. The standard InChI is InChI=1S/C25H35N3O5S/c1-5-23(25(30)26-6-2)28(19-20-14-16-21(33-4)17-15-20)24(29)13-10-18-27(3)34(31,32)22-11-8-7-9-12-22/h7-9,11-12,14-17,23H,5-6,10,13,18-19H2,1-4H3,(H,26,30). The number of carbonyl (C=O) groups excluding carboxylic acids is 2. The van der Waals surface area contributed by atoms with Gasteiger partial charge >= 0.3 is 0 Å². The van der Waals surface area contributed by atoms with Crippen LogP contribution >= 0.6 is 0 Å². The Morgan fingerprint density at radius 3 is 2.24 bits per heavy atom. The summed E-state index contributed by atoms with van der Waals surface area (Å²) in [5.41, 5.74) is 0.876. The van der Waals surface area contributed by atoms with Gasteiger partial charge in [0.05, 0.1) is 12.0 Å². The van der Waals surface area contributed by atoms with Crippen LogP contribution in [0, 0.1) is 0 Å². The lowest BCUT2D eigenvalue weighted by Gasteiger charge is -2.31. The molecule has 2 amide bonds. The molecular formula is C25H35N3O5S. The number of nitrogens with zero attached hydrogens (tertiary/aromatic N) is 2. The van der Waals surface area contributed by atoms with Gasteiger partial charge in [-0.3, -0.25) is 9.59 Å². The normalized spacial score (nSPS) is 12.3. The highest BCUT2D eigenvalue weighted by Gasteiger charge is 2.28. The van der Waals surface area contributed by atoms with Crippen molar-refractivity contribution in [3.05, 3.63) is 60.2 Å². The predicted octanol–water partition coefficient (Wildman–Crippen LogP) is 3.04. The zero-order valence-corrected chi connectivity index (χ0v) is 21.2. The van der Waals surface area contributed by atoms with E-state index in [0.717, 1.165) is 5.56 Å². The maximum Gasteiger partial charge on any atom is 0.242 e. The Kier molecular flexibility index (Phi) is 10.5. The average Bonchev–Trinajstić information content (AvgIpc) is 2.84. The van der Waals surface area contributed by atoms with Crippen molar-refractivity contribution in [2.75, 3.05) is 27.2 Å². The molecule has 0 fully saturated rings. The fourth-order valence-electron chi connectivity index (χ4n) is 3.63. The molecule has 9 heteroatoms. The van der Waals surface area contributed by atoms with Gasteiger partial charge in [0.15, 0.2) is 0 Å². The summed E-state index contributed by atoms with van der Waals surface area (Å²) in [4.78, 5) is 27.7. The third-order valence-corrected chi connectivity index (χ3v) is 7.44. The first-order valence-corrected chi connectivity index (χ1v) is 12.9. The summed E-state index contributed by atoms with van der Waals surface area (Å²) in [7, 11) is -0.531. The van der Waals surface area contributed by atoms with Gasteiger partial charge in [0.1, 0.15) is 11.8 Å². The summed E-state index contributed by atoms with van der Waals surface area (Å²) < 4.78 is 31.9. The topological polar surface area (TPSA) is 96.0 Å². The van der Waals surface area contributed by atoms with E-state index in [1.54, 1.807) is 42.3 Å². The fourth-order valence-corrected chi connectivity index (χ4v) is 4.86. The first-order chi connectivity index (χ1) is 16.2. The lowest BCUT2D eigenvalue weighted by Crippen LogP contribution is -2.49. The molecule has 1 unspecified atom stereocenters. The van der Waals surface area contributed by atoms with E-state index in [2.05, 4.69) is 5.32 Å². The minimum Gasteiger partial charge on any atom is -0.497 e. The number of amides is 2. The summed E-state index contributed by atoms with van der Waals surface area (Å²) in [5, 5.41) is 2.81. The van der Waals surface area contributed by atoms with E-state index in [0.29, 0.717) is 25.1 Å². The molecule has 0 saturated carbocycles. The average molecular weight is 490 g/mol. The summed E-state index contributed by atoms with van der Waals surface area (Å²) in [6.07, 6.45) is 0.934. The van der Waals surface area contributed by atoms with Crippen LogP contribution < -0.4 is 10.1 Å². The van der Waals surface area contributed by atoms with Crippen LogP contribution in [0.15, 0.2) is 59.5 Å². The first-order valence-electron chi connectivity index (χ1n) is 11.5. The Balaban J connectivity index is 2.11. The molecule has 2 rings (SSSR count). The lowest BCUT2D eigenvalue weighted by molar-refractivity contribution is -0.141. The highest BCUT2D eigenvalue weighted by Crippen LogP contribution is 2.18. The molecule has 1 N–H and O–H groups in total. The Bertz CT molecular complexity index is 1030. The van der Waals surface area contributed by atoms with Crippen molar-refractivity contribution < 1.29 is 22.7 Å². The van der Waals surface area contributed by atoms with Gasteiger partial charge in [-0.2, -0.15) is 0 Å². The van der Waals surface area contributed by atoms with E-state index in [-0.39, 0.29) is 36.2 Å². The second-order valence-electron chi connectivity index (χ2n) is 7.93. The maximum absolute atomic E-state index is 13.2. The van der Waals surface area contributed by atoms with Crippen LogP contribution in [0.1, 0.15) is 38.7 Å². The predicted molar refractivity (Wildman–Crippen MR) is 132 cm³/mol. The molecule has 0 aliphatic heterocycles. The van der Waals surface area contributed by atoms with E-state index in [4.69, 9.17) is 4.74 Å². The van der Waals surface area contributed by atoms with Crippen molar-refractivity contribution in [2.24, 2.45) is 0 Å². The minimum absolute atomic E-state index is 0.126. The van der Waals surface area contributed by atoms with Crippen LogP contribution in [0.3, 0.4) is 0 Å². The smallest absolute Gasteiger partial charge is 0.242 e. The van der Waals surface area contributed by atoms with Crippen molar-refractivity contribution in [3.8, 4) is 5.75 Å². The molecule has 2 aromatic rings. The third kappa shape index (κ3) is 7.30. The third-order valence-electron chi connectivity index (χ3n) is 5.56. The molecule has 1 atom stereocenters. The van der Waals surface area contributed by atoms with Crippen LogP contribution in [0.25, 0.3) is 0 Å². The molecule has 0 radical (unpaired) electrons. The number of benzene rings is 2. The van der Waals surface area contributed by atoms with Crippen LogP contribution in [0.4, 0.5) is 0 Å². The molecule has 34 heavy (non-hydrogen) atoms. The van der Waals surface area contributed by atoms with E-state index >= 15 is 0 Å². The van der Waals surface area contributed by atoms with Crippen LogP contribution in [0.5, 0.6) is 5.75 Å². The van der Waals surface area contributed by atoms with E-state index in [1.165, 1.54) is 11.4 Å². The zero-order chi connectivity index (χ0) is 25.1. The number of rotatable bonds is 13. The fraction of sp³-hybridized carbons (Fsp3) is 0.440. The van der Waals surface area contributed by atoms with Crippen LogP contribution in [-0.4, -0.2) is 62.7 Å². The molecule has 0 aromatic heterocycles. The van der Waals surface area contributed by atoms with Crippen molar-refractivity contribution >= 4 is 21.8 Å². The quantitative estimate of drug-likeness (QED) is 0.467. The summed E-state index contributed by atoms with van der Waals surface area (Å²) in [5.74, 6) is 0.315. The number of hydrogen-bond acceptors (Lipinski definition) is 5. The van der Waals surface area contributed by atoms with Crippen molar-refractivity contribution in [1.29, 1.82) is 0 Å². The number of nitrogens with one attached hydrogen (secondary N) is 1. The number of sulfonamides is 1. The van der Waals surface area contributed by atoms with Gasteiger partial charge in [-0.05, 0) is 49.6 Å². The molecule has 186 valence electrons. The van der Waals surface area contributed by atoms with Crippen LogP contribution in [0.2, 0.25) is 0 Å². The highest BCUT2D eigenvalue weighted by molar-refractivity contribution is 7.89. The monoisotopic (exact) mass is 489 g/mol. The molecule has 0 heterocycles. The Morgan fingerprint density at radius 2 is 1.68 bits per heavy atom. The molecular weight excluding hydrogens is 454 g/mol. The van der Waals surface area contributed by atoms with E-state index in [1.807, 2.05) is 38.1 Å². The van der Waals surface area contributed by atoms with Crippen molar-refractivity contribution in [1.82, 2.24) is 14.5 Å². The number of carbonyl (C=O) groups is 2. The molecule has 0 aliphatic rings. The van der Waals surface area contributed by atoms with Gasteiger partial charge in [-0.1, -0.05) is 37.3 Å². The lowest BCUT2D eigenvalue weighted by atomic mass is 10.1. The first kappa shape index (κ1) is 27.3. The summed E-state index contributed by atoms with van der Waals surface area (Å²) in [6.45, 7) is 4.65. The van der Waals surface area contributed by atoms with Gasteiger partial charge in [-0.25, -0.2) is 12.7 Å². The molecule has 2 aromatic carbocycles. The van der Waals surface area contributed by atoms with Gasteiger partial charge in [-0.15, -0.1) is 0 Å². The van der Waals surface area contributed by atoms with Crippen molar-refractivity contribution in [3.63, 3.8) is 0 Å². The number of methoxy groups -OCH3 is 1. The highest BCUT2D eigenvalue weighted by atomic mass is 32.2. The second kappa shape index (κ2) is 13.1. The number of ether oxygens (including phenoxy) is 1. The Hall–Kier alpha value is -2.91. The SMILES string of the molecule is CCNC(=O)C(CC)N(Cc1ccc(OC)cc1)C(=O)CCCN(C)S(=O)(=O)c1ccccc1. The van der Waals surface area contributed by atoms with Gasteiger partial charge < -0.3 is 15.0 Å². The zero-order valence-electron chi connectivity index (χ0n) is 20.4. The largest absolute Gasteiger partial charge is 0.497 e. The maximum atomic E-state index is 13.2. The Morgan fingerprint density at radius 1 is 1.03 bits per heavy atom. The van der Waals surface area contributed by atoms with Crippen LogP contribution in [-0.2, 0) is 26.2 Å². The number of hydrogen-bond donors (Lipinski definition) is 1. The van der Waals surface area contributed by atoms with E-state index in [9.17, 15) is 18.0 Å². The summed E-state index contributed by atoms with van der Waals surface area (Å²) in [6, 6.07) is 14.9. The van der Waals surface area contributed by atoms with Crippen molar-refractivity contribution in [2.45, 2.75) is 50.6 Å². The number of likely N-dealkylation sites (N-methyl/N-ethyl adjacent to an activating group) is 1. The van der Waals surface area contributed by atoms with E-state index < -0.39 is 16.1 Å². The molecule has 8 nitrogen and oxygen atoms in total. The minimum atomic E-state index is -3.62. The van der Waals surface area contributed by atoms with Gasteiger partial charge in [0.2, 0.25) is 21.8 Å². The molecule has 0 saturated heterocycles. The molecule has 0 spiro atoms. The second-order valence-corrected chi connectivity index (χ2v) is 9.98. The molecule has 0 aliphatic carbocycles. The Labute approximate surface area is 202 Å². The van der Waals surface area contributed by atoms with Gasteiger partial charge in [0.25, 0.3) is 0 Å². The van der Waals surface area contributed by atoms with Gasteiger partial charge in [0, 0.05) is 33.1 Å². The summed E-state index contributed by atoms with van der Waals surface area (Å²) >= 11 is 0.